The van der Waals surface area contributed by atoms with Crippen molar-refractivity contribution in [3.8, 4) is 5.75 Å². The summed E-state index contributed by atoms with van der Waals surface area (Å²) in [7, 11) is 0. The number of nitrogens with one attached hydrogen (secondary N) is 1. The molecule has 0 aliphatic rings. The van der Waals surface area contributed by atoms with Crippen LogP contribution in [-0.2, 0) is 4.79 Å². The molecule has 0 saturated heterocycles. The van der Waals surface area contributed by atoms with Crippen molar-refractivity contribution in [3.05, 3.63) is 59.7 Å². The van der Waals surface area contributed by atoms with Crippen LogP contribution in [0.4, 0.5) is 0 Å². The van der Waals surface area contributed by atoms with Gasteiger partial charge in [0.2, 0.25) is 0 Å². The number of carbonyl (C=O) groups excluding carboxylic acids is 1. The molecule has 2 aromatic carbocycles. The Bertz CT molecular complexity index is 724. The normalized spacial score (nSPS) is 12.6. The van der Waals surface area contributed by atoms with E-state index in [0.29, 0.717) is 6.61 Å². The summed E-state index contributed by atoms with van der Waals surface area (Å²) in [6.07, 6.45) is 0. The van der Waals surface area contributed by atoms with Crippen molar-refractivity contribution >= 4 is 23.4 Å². The molecule has 0 bridgehead atoms. The van der Waals surface area contributed by atoms with E-state index in [4.69, 9.17) is 4.74 Å². The molecule has 0 aromatic heterocycles. The Morgan fingerprint density at radius 1 is 1.16 bits per heavy atom. The second-order valence-corrected chi connectivity index (χ2v) is 7.12. The number of amides is 1. The summed E-state index contributed by atoms with van der Waals surface area (Å²) in [5.74, 6) is 0.710. The molecule has 0 spiro atoms. The molecule has 5 heteroatoms. The van der Waals surface area contributed by atoms with E-state index in [1.807, 2.05) is 76.2 Å². The Labute approximate surface area is 153 Å². The Balaban J connectivity index is 1.92. The molecule has 2 aromatic rings. The number of hydrogen-bond acceptors (Lipinski definition) is 4. The van der Waals surface area contributed by atoms with Crippen LogP contribution in [0.25, 0.3) is 0 Å². The molecule has 0 saturated carbocycles. The quantitative estimate of drug-likeness (QED) is 0.454. The lowest BCUT2D eigenvalue weighted by Gasteiger charge is -2.10. The van der Waals surface area contributed by atoms with Crippen molar-refractivity contribution in [2.24, 2.45) is 5.10 Å². The topological polar surface area (TPSA) is 50.7 Å². The highest BCUT2D eigenvalue weighted by Crippen LogP contribution is 2.23. The van der Waals surface area contributed by atoms with Gasteiger partial charge in [0.25, 0.3) is 5.91 Å². The standard InChI is InChI=1S/C20H24N2O2S/c1-5-24-18-10-8-17(9-11-18)15(3)21-22-20(23)16(4)25-19-12-6-14(2)7-13-19/h6-13,16H,5H2,1-4H3,(H,22,23)/b21-15-/t16-/m1/s1. The molecule has 0 aliphatic heterocycles. The molecule has 0 aliphatic carbocycles. The van der Waals surface area contributed by atoms with Crippen molar-refractivity contribution in [1.82, 2.24) is 5.43 Å². The first-order chi connectivity index (χ1) is 12.0. The number of thioether (sulfide) groups is 1. The first kappa shape index (κ1) is 19.1. The van der Waals surface area contributed by atoms with E-state index in [2.05, 4.69) is 10.5 Å². The maximum atomic E-state index is 12.2. The van der Waals surface area contributed by atoms with Crippen molar-refractivity contribution < 1.29 is 9.53 Å². The van der Waals surface area contributed by atoms with Crippen LogP contribution in [0.3, 0.4) is 0 Å². The largest absolute Gasteiger partial charge is 0.494 e. The number of benzene rings is 2. The number of hydrazone groups is 1. The van der Waals surface area contributed by atoms with Gasteiger partial charge in [0.15, 0.2) is 0 Å². The highest BCUT2D eigenvalue weighted by atomic mass is 32.2. The number of nitrogens with zero attached hydrogens (tertiary/aromatic N) is 1. The molecule has 1 amide bonds. The zero-order chi connectivity index (χ0) is 18.2. The van der Waals surface area contributed by atoms with Crippen LogP contribution in [0, 0.1) is 6.92 Å². The predicted octanol–water partition coefficient (Wildman–Crippen LogP) is 4.41. The van der Waals surface area contributed by atoms with Crippen molar-refractivity contribution in [1.29, 1.82) is 0 Å². The Kier molecular flexibility index (Phi) is 7.07. The number of ether oxygens (including phenoxy) is 1. The summed E-state index contributed by atoms with van der Waals surface area (Å²) in [5.41, 5.74) is 5.56. The Morgan fingerprint density at radius 3 is 2.40 bits per heavy atom. The van der Waals surface area contributed by atoms with Crippen LogP contribution in [0.5, 0.6) is 5.75 Å². The Hall–Kier alpha value is -2.27. The first-order valence-corrected chi connectivity index (χ1v) is 9.18. The second kappa shape index (κ2) is 9.28. The molecule has 0 radical (unpaired) electrons. The molecule has 1 atom stereocenters. The maximum Gasteiger partial charge on any atom is 0.253 e. The van der Waals surface area contributed by atoms with Gasteiger partial charge in [0.05, 0.1) is 17.6 Å². The monoisotopic (exact) mass is 356 g/mol. The van der Waals surface area contributed by atoms with Gasteiger partial charge in [-0.05, 0) is 69.7 Å². The lowest BCUT2D eigenvalue weighted by Crippen LogP contribution is -2.27. The summed E-state index contributed by atoms with van der Waals surface area (Å²) in [6.45, 7) is 8.38. The van der Waals surface area contributed by atoms with Gasteiger partial charge in [-0.15, -0.1) is 11.8 Å². The average molecular weight is 356 g/mol. The minimum Gasteiger partial charge on any atom is -0.494 e. The Morgan fingerprint density at radius 2 is 1.80 bits per heavy atom. The van der Waals surface area contributed by atoms with E-state index in [1.165, 1.54) is 17.3 Å². The summed E-state index contributed by atoms with van der Waals surface area (Å²) in [6, 6.07) is 15.8. The molecule has 132 valence electrons. The van der Waals surface area contributed by atoms with Gasteiger partial charge >= 0.3 is 0 Å². The predicted molar refractivity (Wildman–Crippen MR) is 104 cm³/mol. The molecule has 25 heavy (non-hydrogen) atoms. The third-order valence-electron chi connectivity index (χ3n) is 3.62. The molecule has 4 nitrogen and oxygen atoms in total. The molecule has 0 unspecified atom stereocenters. The average Bonchev–Trinajstić information content (AvgIpc) is 2.62. The van der Waals surface area contributed by atoms with Gasteiger partial charge in [-0.1, -0.05) is 17.7 Å². The smallest absolute Gasteiger partial charge is 0.253 e. The fourth-order valence-electron chi connectivity index (χ4n) is 2.13. The van der Waals surface area contributed by atoms with Crippen LogP contribution in [0.15, 0.2) is 58.5 Å². The highest BCUT2D eigenvalue weighted by Gasteiger charge is 2.14. The summed E-state index contributed by atoms with van der Waals surface area (Å²) in [5, 5.41) is 3.99. The third kappa shape index (κ3) is 5.94. The summed E-state index contributed by atoms with van der Waals surface area (Å²) >= 11 is 1.52. The van der Waals surface area contributed by atoms with Gasteiger partial charge in [-0.25, -0.2) is 5.43 Å². The number of hydrogen-bond donors (Lipinski definition) is 1. The van der Waals surface area contributed by atoms with E-state index in [1.54, 1.807) is 0 Å². The molecule has 1 N–H and O–H groups in total. The van der Waals surface area contributed by atoms with Gasteiger partial charge < -0.3 is 4.74 Å². The van der Waals surface area contributed by atoms with Gasteiger partial charge in [0, 0.05) is 4.90 Å². The van der Waals surface area contributed by atoms with E-state index in [9.17, 15) is 4.79 Å². The maximum absolute atomic E-state index is 12.2. The van der Waals surface area contributed by atoms with Crippen molar-refractivity contribution in [3.63, 3.8) is 0 Å². The van der Waals surface area contributed by atoms with Crippen molar-refractivity contribution in [2.75, 3.05) is 6.61 Å². The molecular weight excluding hydrogens is 332 g/mol. The second-order valence-electron chi connectivity index (χ2n) is 5.70. The van der Waals surface area contributed by atoms with Crippen molar-refractivity contribution in [2.45, 2.75) is 37.8 Å². The van der Waals surface area contributed by atoms with Crippen LogP contribution >= 0.6 is 11.8 Å². The molecule has 0 heterocycles. The summed E-state index contributed by atoms with van der Waals surface area (Å²) < 4.78 is 5.42. The number of rotatable bonds is 7. The van der Waals surface area contributed by atoms with Gasteiger partial charge in [-0.3, -0.25) is 4.79 Å². The third-order valence-corrected chi connectivity index (χ3v) is 4.73. The zero-order valence-corrected chi connectivity index (χ0v) is 15.9. The minimum atomic E-state index is -0.223. The number of aryl methyl sites for hydroxylation is 1. The molecule has 2 rings (SSSR count). The van der Waals surface area contributed by atoms with E-state index in [-0.39, 0.29) is 11.2 Å². The van der Waals surface area contributed by atoms with Crippen LogP contribution in [0.2, 0.25) is 0 Å². The molecular formula is C20H24N2O2S. The van der Waals surface area contributed by atoms with E-state index < -0.39 is 0 Å². The highest BCUT2D eigenvalue weighted by molar-refractivity contribution is 8.00. The fourth-order valence-corrected chi connectivity index (χ4v) is 2.99. The fraction of sp³-hybridized carbons (Fsp3) is 0.300. The first-order valence-electron chi connectivity index (χ1n) is 8.30. The van der Waals surface area contributed by atoms with Gasteiger partial charge in [-0.2, -0.15) is 5.10 Å². The van der Waals surface area contributed by atoms with E-state index >= 15 is 0 Å². The zero-order valence-electron chi connectivity index (χ0n) is 15.1. The summed E-state index contributed by atoms with van der Waals surface area (Å²) in [4.78, 5) is 13.3. The lowest BCUT2D eigenvalue weighted by molar-refractivity contribution is -0.120. The van der Waals surface area contributed by atoms with Crippen LogP contribution < -0.4 is 10.2 Å². The minimum absolute atomic E-state index is 0.115. The number of carbonyl (C=O) groups is 1. The lowest BCUT2D eigenvalue weighted by atomic mass is 10.1. The SMILES string of the molecule is CCOc1ccc(/C(C)=N\NC(=O)[C@@H](C)Sc2ccc(C)cc2)cc1. The van der Waals surface area contributed by atoms with Crippen LogP contribution in [-0.4, -0.2) is 23.5 Å². The van der Waals surface area contributed by atoms with Crippen LogP contribution in [0.1, 0.15) is 31.9 Å². The molecule has 0 fully saturated rings. The van der Waals surface area contributed by atoms with Gasteiger partial charge in [0.1, 0.15) is 5.75 Å². The van der Waals surface area contributed by atoms with E-state index in [0.717, 1.165) is 21.9 Å².